The molecule has 35 heavy (non-hydrogen) atoms. The van der Waals surface area contributed by atoms with Crippen LogP contribution in [-0.4, -0.2) is 35.5 Å². The number of ketones is 1. The van der Waals surface area contributed by atoms with E-state index in [1.165, 1.54) is 18.4 Å². The van der Waals surface area contributed by atoms with Crippen molar-refractivity contribution in [3.8, 4) is 0 Å². The third-order valence-corrected chi connectivity index (χ3v) is 7.00. The second-order valence-electron chi connectivity index (χ2n) is 9.37. The molecule has 3 N–H and O–H groups in total. The van der Waals surface area contributed by atoms with Gasteiger partial charge in [-0.3, -0.25) is 9.59 Å². The molecular weight excluding hydrogens is 464 g/mol. The van der Waals surface area contributed by atoms with Crippen molar-refractivity contribution in [1.29, 1.82) is 0 Å². The number of amides is 1. The third-order valence-electron chi connectivity index (χ3n) is 6.77. The van der Waals surface area contributed by atoms with E-state index in [4.69, 9.17) is 26.8 Å². The Labute approximate surface area is 208 Å². The van der Waals surface area contributed by atoms with Gasteiger partial charge in [-0.1, -0.05) is 42.5 Å². The van der Waals surface area contributed by atoms with Gasteiger partial charge in [-0.05, 0) is 55.0 Å². The van der Waals surface area contributed by atoms with Crippen LogP contribution in [0, 0.1) is 0 Å². The SMILES string of the molecule is C=CCOC1=C(C(N)=O)C(C)(OCC(=O)c2c[nH]c3cc(C4CC4)ccc23)Cc2ccc(Cl)cc21. The molecule has 1 unspecified atom stereocenters. The molecular formula is C28H27ClN2O4. The molecule has 1 amide bonds. The fraction of sp³-hybridized carbons (Fsp3) is 0.286. The van der Waals surface area contributed by atoms with Gasteiger partial charge in [0.1, 0.15) is 24.6 Å². The number of hydrogen-bond acceptors (Lipinski definition) is 4. The van der Waals surface area contributed by atoms with Crippen molar-refractivity contribution in [3.63, 3.8) is 0 Å². The summed E-state index contributed by atoms with van der Waals surface area (Å²) in [5.41, 5.74) is 9.18. The summed E-state index contributed by atoms with van der Waals surface area (Å²) in [5.74, 6) is 0.0711. The van der Waals surface area contributed by atoms with Crippen LogP contribution in [0.3, 0.4) is 0 Å². The summed E-state index contributed by atoms with van der Waals surface area (Å²) < 4.78 is 12.1. The van der Waals surface area contributed by atoms with Gasteiger partial charge in [0.2, 0.25) is 0 Å². The topological polar surface area (TPSA) is 94.4 Å². The molecule has 0 radical (unpaired) electrons. The third kappa shape index (κ3) is 4.40. The number of nitrogens with one attached hydrogen (secondary N) is 1. The summed E-state index contributed by atoms with van der Waals surface area (Å²) in [4.78, 5) is 29.1. The van der Waals surface area contributed by atoms with Crippen molar-refractivity contribution in [2.45, 2.75) is 37.7 Å². The molecule has 3 aromatic rings. The molecule has 180 valence electrons. The number of halogens is 1. The summed E-state index contributed by atoms with van der Waals surface area (Å²) in [5, 5.41) is 1.37. The maximum Gasteiger partial charge on any atom is 0.251 e. The van der Waals surface area contributed by atoms with Crippen molar-refractivity contribution >= 4 is 40.0 Å². The van der Waals surface area contributed by atoms with Crippen LogP contribution in [0.4, 0.5) is 0 Å². The highest BCUT2D eigenvalue weighted by Crippen LogP contribution is 2.42. The quantitative estimate of drug-likeness (QED) is 0.314. The summed E-state index contributed by atoms with van der Waals surface area (Å²) in [6.45, 7) is 5.40. The first-order valence-electron chi connectivity index (χ1n) is 11.7. The van der Waals surface area contributed by atoms with Crippen molar-refractivity contribution in [3.05, 3.63) is 88.1 Å². The second kappa shape index (κ2) is 9.02. The van der Waals surface area contributed by atoms with Crippen LogP contribution in [0.25, 0.3) is 16.7 Å². The first-order valence-corrected chi connectivity index (χ1v) is 12.0. The molecule has 0 bridgehead atoms. The number of benzene rings is 2. The van der Waals surface area contributed by atoms with Crippen LogP contribution >= 0.6 is 11.6 Å². The number of ether oxygens (including phenoxy) is 2. The standard InChI is InChI=1S/C28H27ClN2O4/c1-3-10-34-26-21-12-19(29)8-6-18(21)13-28(2,25(26)27(30)33)35-15-24(32)22-14-31-23-11-17(16-4-5-16)7-9-20(22)23/h3,6-9,11-12,14,16,31H,1,4-5,10,13,15H2,2H3,(H2,30,33). The summed E-state index contributed by atoms with van der Waals surface area (Å²) in [6, 6.07) is 11.6. The molecule has 5 rings (SSSR count). The zero-order valence-corrected chi connectivity index (χ0v) is 20.3. The van der Waals surface area contributed by atoms with E-state index in [0.717, 1.165) is 16.5 Å². The van der Waals surface area contributed by atoms with E-state index in [1.54, 1.807) is 31.3 Å². The number of aromatic nitrogens is 1. The van der Waals surface area contributed by atoms with Crippen molar-refractivity contribution in [2.24, 2.45) is 5.73 Å². The van der Waals surface area contributed by atoms with E-state index in [9.17, 15) is 9.59 Å². The van der Waals surface area contributed by atoms with E-state index >= 15 is 0 Å². The number of primary amides is 1. The molecule has 2 aromatic carbocycles. The Morgan fingerprint density at radius 1 is 1.26 bits per heavy atom. The van der Waals surface area contributed by atoms with Gasteiger partial charge in [-0.2, -0.15) is 0 Å². The number of nitrogens with two attached hydrogens (primary N) is 1. The monoisotopic (exact) mass is 490 g/mol. The van der Waals surface area contributed by atoms with Gasteiger partial charge in [-0.25, -0.2) is 0 Å². The zero-order valence-electron chi connectivity index (χ0n) is 19.5. The van der Waals surface area contributed by atoms with Crippen LogP contribution in [-0.2, 0) is 20.7 Å². The number of Topliss-reactive ketones (excluding diaryl/α,β-unsaturated/α-hetero) is 1. The molecule has 1 heterocycles. The van der Waals surface area contributed by atoms with Crippen LogP contribution in [0.15, 0.2) is 60.8 Å². The number of fused-ring (bicyclic) bond motifs is 2. The van der Waals surface area contributed by atoms with Crippen molar-refractivity contribution in [1.82, 2.24) is 4.98 Å². The Bertz CT molecular complexity index is 1380. The molecule has 0 saturated heterocycles. The van der Waals surface area contributed by atoms with Crippen LogP contribution in [0.1, 0.15) is 52.7 Å². The minimum absolute atomic E-state index is 0.172. The first-order chi connectivity index (χ1) is 16.8. The Morgan fingerprint density at radius 3 is 2.77 bits per heavy atom. The number of aromatic amines is 1. The van der Waals surface area contributed by atoms with E-state index < -0.39 is 11.5 Å². The molecule has 6 nitrogen and oxygen atoms in total. The summed E-state index contributed by atoms with van der Waals surface area (Å²) in [6.07, 6.45) is 6.07. The minimum Gasteiger partial charge on any atom is -0.488 e. The Kier molecular flexibility index (Phi) is 6.03. The summed E-state index contributed by atoms with van der Waals surface area (Å²) >= 11 is 6.22. The van der Waals surface area contributed by atoms with Gasteiger partial charge in [-0.15, -0.1) is 0 Å². The molecule has 1 fully saturated rings. The molecule has 0 spiro atoms. The van der Waals surface area contributed by atoms with Gasteiger partial charge in [0.15, 0.2) is 5.78 Å². The van der Waals surface area contributed by atoms with Gasteiger partial charge < -0.3 is 20.2 Å². The average molecular weight is 491 g/mol. The molecule has 7 heteroatoms. The predicted molar refractivity (Wildman–Crippen MR) is 136 cm³/mol. The largest absolute Gasteiger partial charge is 0.488 e. The van der Waals surface area contributed by atoms with E-state index in [2.05, 4.69) is 23.7 Å². The lowest BCUT2D eigenvalue weighted by Gasteiger charge is -2.37. The van der Waals surface area contributed by atoms with Crippen molar-refractivity contribution in [2.75, 3.05) is 13.2 Å². The Morgan fingerprint density at radius 2 is 2.06 bits per heavy atom. The number of hydrogen-bond donors (Lipinski definition) is 2. The van der Waals surface area contributed by atoms with Gasteiger partial charge in [0.25, 0.3) is 5.91 Å². The molecule has 1 atom stereocenters. The number of carbonyl (C=O) groups is 2. The van der Waals surface area contributed by atoms with Crippen LogP contribution < -0.4 is 5.73 Å². The lowest BCUT2D eigenvalue weighted by molar-refractivity contribution is -0.117. The molecule has 2 aliphatic rings. The van der Waals surface area contributed by atoms with Gasteiger partial charge in [0.05, 0.1) is 5.57 Å². The number of rotatable bonds is 9. The van der Waals surface area contributed by atoms with Crippen LogP contribution in [0.5, 0.6) is 0 Å². The van der Waals surface area contributed by atoms with Gasteiger partial charge in [0, 0.05) is 39.7 Å². The van der Waals surface area contributed by atoms with E-state index in [-0.39, 0.29) is 24.6 Å². The van der Waals surface area contributed by atoms with E-state index in [0.29, 0.717) is 34.2 Å². The fourth-order valence-corrected chi connectivity index (χ4v) is 5.05. The maximum atomic E-state index is 13.2. The summed E-state index contributed by atoms with van der Waals surface area (Å²) in [7, 11) is 0. The zero-order chi connectivity index (χ0) is 24.7. The normalized spacial score (nSPS) is 19.5. The fourth-order valence-electron chi connectivity index (χ4n) is 4.88. The van der Waals surface area contributed by atoms with E-state index in [1.807, 2.05) is 12.1 Å². The molecule has 1 saturated carbocycles. The highest BCUT2D eigenvalue weighted by Gasteiger charge is 2.42. The lowest BCUT2D eigenvalue weighted by Crippen LogP contribution is -2.44. The minimum atomic E-state index is -1.16. The number of carbonyl (C=O) groups excluding carboxylic acids is 2. The molecule has 1 aromatic heterocycles. The predicted octanol–water partition coefficient (Wildman–Crippen LogP) is 5.31. The highest BCUT2D eigenvalue weighted by molar-refractivity contribution is 6.30. The first kappa shape index (κ1) is 23.4. The Hall–Kier alpha value is -3.35. The average Bonchev–Trinajstić information content (AvgIpc) is 3.60. The maximum absolute atomic E-state index is 13.2. The lowest BCUT2D eigenvalue weighted by atomic mass is 9.79. The number of H-pyrrole nitrogens is 1. The van der Waals surface area contributed by atoms with Gasteiger partial charge >= 0.3 is 0 Å². The molecule has 2 aliphatic carbocycles. The highest BCUT2D eigenvalue weighted by atomic mass is 35.5. The van der Waals surface area contributed by atoms with Crippen LogP contribution in [0.2, 0.25) is 5.02 Å². The molecule has 0 aliphatic heterocycles. The smallest absolute Gasteiger partial charge is 0.251 e. The van der Waals surface area contributed by atoms with Crippen molar-refractivity contribution < 1.29 is 19.1 Å². The Balaban J connectivity index is 1.45. The second-order valence-corrected chi connectivity index (χ2v) is 9.81.